The maximum Gasteiger partial charge on any atom is 0.193 e. The summed E-state index contributed by atoms with van der Waals surface area (Å²) in [5.74, 6) is 0. The van der Waals surface area contributed by atoms with E-state index in [4.69, 9.17) is 12.2 Å². The van der Waals surface area contributed by atoms with E-state index >= 15 is 0 Å². The number of thiocarbonyl (C=S) groups is 1. The van der Waals surface area contributed by atoms with E-state index in [1.807, 2.05) is 29.9 Å². The standard InChI is InChI=1S/C21H25N5S2/c1-4-5-11-25-19(18(24-20(25)27)17-8-6-7-9-22-17)16-13-14(2)26(15(16)3)21-23-10-12-28-21/h6-10,12-13,18-19H,4-5,11H2,1-3H3,(H,24,27)/t18-,19+/m1/s1. The highest BCUT2D eigenvalue weighted by atomic mass is 32.1. The zero-order valence-corrected chi connectivity index (χ0v) is 18.1. The van der Waals surface area contributed by atoms with Crippen molar-refractivity contribution < 1.29 is 0 Å². The number of aromatic nitrogens is 3. The first-order valence-electron chi connectivity index (χ1n) is 9.68. The van der Waals surface area contributed by atoms with Crippen LogP contribution in [-0.4, -0.2) is 31.1 Å². The number of aryl methyl sites for hydroxylation is 1. The van der Waals surface area contributed by atoms with Gasteiger partial charge in [0.05, 0.1) is 17.8 Å². The Hall–Kier alpha value is -2.25. The van der Waals surface area contributed by atoms with Crippen molar-refractivity contribution >= 4 is 28.7 Å². The fourth-order valence-electron chi connectivity index (χ4n) is 4.02. The maximum atomic E-state index is 5.74. The SMILES string of the molecule is CCCCN1C(=S)N[C@H](c2ccccn2)[C@@H]1c1cc(C)n(-c2nccs2)c1C. The van der Waals surface area contributed by atoms with E-state index in [1.165, 1.54) is 17.0 Å². The molecule has 0 unspecified atom stereocenters. The molecule has 28 heavy (non-hydrogen) atoms. The lowest BCUT2D eigenvalue weighted by Crippen LogP contribution is -2.30. The van der Waals surface area contributed by atoms with Gasteiger partial charge in [0, 0.05) is 35.7 Å². The van der Waals surface area contributed by atoms with Crippen LogP contribution in [0.5, 0.6) is 0 Å². The molecule has 0 aromatic carbocycles. The molecule has 2 atom stereocenters. The van der Waals surface area contributed by atoms with E-state index in [1.54, 1.807) is 11.3 Å². The molecule has 0 radical (unpaired) electrons. The van der Waals surface area contributed by atoms with Gasteiger partial charge in [-0.05, 0) is 56.2 Å². The topological polar surface area (TPSA) is 46.0 Å². The molecular weight excluding hydrogens is 386 g/mol. The van der Waals surface area contributed by atoms with Crippen LogP contribution in [0.3, 0.4) is 0 Å². The Bertz CT molecular complexity index is 949. The van der Waals surface area contributed by atoms with Gasteiger partial charge in [-0.25, -0.2) is 4.98 Å². The van der Waals surface area contributed by atoms with E-state index < -0.39 is 0 Å². The molecule has 1 saturated heterocycles. The molecule has 3 aromatic rings. The number of hydrogen-bond donors (Lipinski definition) is 1. The molecular formula is C21H25N5S2. The average molecular weight is 412 g/mol. The maximum absolute atomic E-state index is 5.74. The van der Waals surface area contributed by atoms with Crippen molar-refractivity contribution in [3.8, 4) is 5.13 Å². The van der Waals surface area contributed by atoms with Gasteiger partial charge in [0.1, 0.15) is 0 Å². The zero-order chi connectivity index (χ0) is 19.7. The van der Waals surface area contributed by atoms with Gasteiger partial charge >= 0.3 is 0 Å². The normalized spacial score (nSPS) is 19.2. The van der Waals surface area contributed by atoms with Gasteiger partial charge < -0.3 is 10.2 Å². The van der Waals surface area contributed by atoms with Crippen LogP contribution in [0.25, 0.3) is 5.13 Å². The Kier molecular flexibility index (Phi) is 5.46. The summed E-state index contributed by atoms with van der Waals surface area (Å²) in [6.45, 7) is 7.48. The zero-order valence-electron chi connectivity index (χ0n) is 16.4. The van der Waals surface area contributed by atoms with Crippen LogP contribution in [0.1, 0.15) is 54.5 Å². The van der Waals surface area contributed by atoms with Gasteiger partial charge in [0.15, 0.2) is 10.2 Å². The molecule has 1 aliphatic heterocycles. The highest BCUT2D eigenvalue weighted by Gasteiger charge is 2.41. The van der Waals surface area contributed by atoms with Gasteiger partial charge in [0.2, 0.25) is 0 Å². The second-order valence-corrected chi connectivity index (χ2v) is 8.41. The molecule has 4 heterocycles. The average Bonchev–Trinajstić information content (AvgIpc) is 3.39. The molecule has 5 nitrogen and oxygen atoms in total. The largest absolute Gasteiger partial charge is 0.352 e. The fourth-order valence-corrected chi connectivity index (χ4v) is 5.10. The third kappa shape index (κ3) is 3.33. The van der Waals surface area contributed by atoms with Crippen LogP contribution in [0.15, 0.2) is 42.0 Å². The van der Waals surface area contributed by atoms with Gasteiger partial charge in [-0.1, -0.05) is 19.4 Å². The summed E-state index contributed by atoms with van der Waals surface area (Å²) in [5, 5.41) is 7.38. The monoisotopic (exact) mass is 411 g/mol. The molecule has 3 aromatic heterocycles. The molecule has 0 saturated carbocycles. The number of nitrogens with one attached hydrogen (secondary N) is 1. The van der Waals surface area contributed by atoms with E-state index in [2.05, 4.69) is 57.7 Å². The smallest absolute Gasteiger partial charge is 0.193 e. The van der Waals surface area contributed by atoms with Crippen LogP contribution in [0, 0.1) is 13.8 Å². The molecule has 0 spiro atoms. The minimum absolute atomic E-state index is 0.0378. The van der Waals surface area contributed by atoms with Crippen molar-refractivity contribution in [2.24, 2.45) is 0 Å². The van der Waals surface area contributed by atoms with Crippen molar-refractivity contribution in [2.75, 3.05) is 6.54 Å². The number of unbranched alkanes of at least 4 members (excludes halogenated alkanes) is 1. The van der Waals surface area contributed by atoms with E-state index in [9.17, 15) is 0 Å². The minimum atomic E-state index is 0.0378. The number of rotatable bonds is 6. The van der Waals surface area contributed by atoms with Gasteiger partial charge in [-0.2, -0.15) is 0 Å². The molecule has 1 aliphatic rings. The predicted molar refractivity (Wildman–Crippen MR) is 118 cm³/mol. The van der Waals surface area contributed by atoms with E-state index in [0.29, 0.717) is 0 Å². The van der Waals surface area contributed by atoms with Crippen molar-refractivity contribution in [1.29, 1.82) is 0 Å². The van der Waals surface area contributed by atoms with Crippen LogP contribution in [-0.2, 0) is 0 Å². The van der Waals surface area contributed by atoms with Crippen molar-refractivity contribution in [3.05, 3.63) is 64.7 Å². The summed E-state index contributed by atoms with van der Waals surface area (Å²) >= 11 is 7.40. The van der Waals surface area contributed by atoms with Crippen LogP contribution >= 0.6 is 23.6 Å². The number of thiazole rings is 1. The Morgan fingerprint density at radius 2 is 2.07 bits per heavy atom. The van der Waals surface area contributed by atoms with E-state index in [-0.39, 0.29) is 12.1 Å². The predicted octanol–water partition coefficient (Wildman–Crippen LogP) is 4.72. The van der Waals surface area contributed by atoms with Crippen LogP contribution < -0.4 is 5.32 Å². The first kappa shape index (κ1) is 19.1. The summed E-state index contributed by atoms with van der Waals surface area (Å²) in [7, 11) is 0. The lowest BCUT2D eigenvalue weighted by atomic mass is 9.96. The first-order chi connectivity index (χ1) is 13.6. The lowest BCUT2D eigenvalue weighted by molar-refractivity contribution is 0.312. The molecule has 0 amide bonds. The first-order valence-corrected chi connectivity index (χ1v) is 11.0. The molecule has 0 bridgehead atoms. The second-order valence-electron chi connectivity index (χ2n) is 7.15. The lowest BCUT2D eigenvalue weighted by Gasteiger charge is -2.28. The molecule has 1 fully saturated rings. The van der Waals surface area contributed by atoms with Crippen LogP contribution in [0.4, 0.5) is 0 Å². The van der Waals surface area contributed by atoms with Crippen molar-refractivity contribution in [1.82, 2.24) is 24.8 Å². The van der Waals surface area contributed by atoms with Crippen LogP contribution in [0.2, 0.25) is 0 Å². The fraction of sp³-hybridized carbons (Fsp3) is 0.381. The second kappa shape index (κ2) is 8.01. The Morgan fingerprint density at radius 3 is 2.75 bits per heavy atom. The third-order valence-corrected chi connectivity index (χ3v) is 6.46. The minimum Gasteiger partial charge on any atom is -0.352 e. The molecule has 1 N–H and O–H groups in total. The number of nitrogens with zero attached hydrogens (tertiary/aromatic N) is 4. The third-order valence-electron chi connectivity index (χ3n) is 5.35. The highest BCUT2D eigenvalue weighted by molar-refractivity contribution is 7.80. The van der Waals surface area contributed by atoms with Crippen molar-refractivity contribution in [2.45, 2.75) is 45.7 Å². The molecule has 146 valence electrons. The summed E-state index contributed by atoms with van der Waals surface area (Å²) in [5.41, 5.74) is 4.71. The molecule has 7 heteroatoms. The Labute approximate surface area is 175 Å². The quantitative estimate of drug-likeness (QED) is 0.595. The van der Waals surface area contributed by atoms with Gasteiger partial charge in [-0.15, -0.1) is 11.3 Å². The molecule has 4 rings (SSSR count). The number of hydrogen-bond acceptors (Lipinski definition) is 4. The summed E-state index contributed by atoms with van der Waals surface area (Å²) in [6.07, 6.45) is 5.95. The van der Waals surface area contributed by atoms with Gasteiger partial charge in [0.25, 0.3) is 0 Å². The Morgan fingerprint density at radius 1 is 1.21 bits per heavy atom. The van der Waals surface area contributed by atoms with Crippen molar-refractivity contribution in [3.63, 3.8) is 0 Å². The summed E-state index contributed by atoms with van der Waals surface area (Å²) in [4.78, 5) is 11.5. The summed E-state index contributed by atoms with van der Waals surface area (Å²) < 4.78 is 2.24. The highest BCUT2D eigenvalue weighted by Crippen LogP contribution is 2.41. The molecule has 0 aliphatic carbocycles. The van der Waals surface area contributed by atoms with E-state index in [0.717, 1.165) is 35.3 Å². The van der Waals surface area contributed by atoms with Gasteiger partial charge in [-0.3, -0.25) is 9.55 Å². The number of pyridine rings is 1. The Balaban J connectivity index is 1.81. The summed E-state index contributed by atoms with van der Waals surface area (Å²) in [6, 6.07) is 8.51.